The van der Waals surface area contributed by atoms with Crippen LogP contribution in [0.15, 0.2) is 55.6 Å². The van der Waals surface area contributed by atoms with Crippen molar-refractivity contribution >= 4 is 64.4 Å². The number of fused-ring (bicyclic) bond motifs is 5. The van der Waals surface area contributed by atoms with E-state index in [9.17, 15) is 39.4 Å². The van der Waals surface area contributed by atoms with Crippen LogP contribution >= 0.6 is 11.3 Å². The standard InChI is InChI=1S/C20H6N2O8S/c23-15-7-3-1-5-9(21(27)28)11(7)17(25)13-14-18(26)12-8(4-2-6-10(12)22(29)30)16(24)20(14)31-19(13)15/h1-6H. The maximum Gasteiger partial charge on any atom is 0.281 e. The number of nitrogens with zero attached hydrogens (tertiary/aromatic N) is 2. The molecule has 0 N–H and O–H groups in total. The van der Waals surface area contributed by atoms with Gasteiger partial charge in [-0.15, -0.1) is 11.3 Å². The number of nitro groups is 2. The van der Waals surface area contributed by atoms with Crippen molar-refractivity contribution in [3.05, 3.63) is 97.5 Å². The number of hydrogen-bond donors (Lipinski definition) is 0. The number of rotatable bonds is 2. The Morgan fingerprint density at radius 1 is 0.581 bits per heavy atom. The fourth-order valence-electron chi connectivity index (χ4n) is 3.92. The molecule has 0 aliphatic carbocycles. The summed E-state index contributed by atoms with van der Waals surface area (Å²) in [5.41, 5.74) is -4.57. The van der Waals surface area contributed by atoms with Gasteiger partial charge in [0.25, 0.3) is 11.4 Å². The highest BCUT2D eigenvalue weighted by molar-refractivity contribution is 7.25. The zero-order valence-corrected chi connectivity index (χ0v) is 15.8. The van der Waals surface area contributed by atoms with Gasteiger partial charge in [-0.05, 0) is 12.1 Å². The van der Waals surface area contributed by atoms with E-state index in [0.29, 0.717) is 11.3 Å². The lowest BCUT2D eigenvalue weighted by molar-refractivity contribution is -0.383. The molecular formula is C20H6N2O8S. The Kier molecular flexibility index (Phi) is 3.64. The van der Waals surface area contributed by atoms with Gasteiger partial charge in [0.1, 0.15) is 10.8 Å². The summed E-state index contributed by atoms with van der Waals surface area (Å²) in [6.45, 7) is 0. The van der Waals surface area contributed by atoms with E-state index in [2.05, 4.69) is 0 Å². The second-order valence-corrected chi connectivity index (χ2v) is 7.76. The maximum absolute atomic E-state index is 13.2. The summed E-state index contributed by atoms with van der Waals surface area (Å²) in [6.07, 6.45) is 0. The van der Waals surface area contributed by atoms with E-state index in [1.54, 1.807) is 0 Å². The molecule has 0 aliphatic heterocycles. The van der Waals surface area contributed by atoms with Crippen LogP contribution in [0.3, 0.4) is 0 Å². The molecule has 0 unspecified atom stereocenters. The normalized spacial score (nSPS) is 11.6. The van der Waals surface area contributed by atoms with E-state index in [1.807, 2.05) is 0 Å². The smallest absolute Gasteiger partial charge is 0.281 e. The minimum atomic E-state index is -0.947. The third-order valence-corrected chi connectivity index (χ3v) is 6.38. The van der Waals surface area contributed by atoms with Crippen molar-refractivity contribution in [1.29, 1.82) is 0 Å². The first-order valence-corrected chi connectivity index (χ1v) is 9.46. The summed E-state index contributed by atoms with van der Waals surface area (Å²) in [4.78, 5) is 73.7. The Balaban J connectivity index is 2.20. The van der Waals surface area contributed by atoms with Crippen LogP contribution in [0.5, 0.6) is 0 Å². The van der Waals surface area contributed by atoms with Gasteiger partial charge in [0.15, 0.2) is 0 Å². The molecule has 0 aliphatic rings. The van der Waals surface area contributed by atoms with Crippen LogP contribution in [0, 0.1) is 20.2 Å². The highest BCUT2D eigenvalue weighted by Crippen LogP contribution is 2.32. The first-order valence-electron chi connectivity index (χ1n) is 8.64. The van der Waals surface area contributed by atoms with Crippen LogP contribution in [0.4, 0.5) is 11.4 Å². The average molecular weight is 434 g/mol. The number of non-ortho nitro benzene ring substituents is 2. The molecule has 0 radical (unpaired) electrons. The molecule has 0 saturated heterocycles. The second-order valence-electron chi connectivity index (χ2n) is 6.74. The molecule has 5 aromatic rings. The zero-order valence-electron chi connectivity index (χ0n) is 15.0. The molecule has 1 heterocycles. The number of benzene rings is 4. The van der Waals surface area contributed by atoms with Crippen LogP contribution in [-0.2, 0) is 0 Å². The molecule has 10 nitrogen and oxygen atoms in total. The van der Waals surface area contributed by atoms with Crippen LogP contribution < -0.4 is 21.7 Å². The Labute approximate surface area is 172 Å². The summed E-state index contributed by atoms with van der Waals surface area (Å²) in [6, 6.07) is 7.15. The highest BCUT2D eigenvalue weighted by atomic mass is 32.1. The molecule has 11 heteroatoms. The van der Waals surface area contributed by atoms with E-state index in [-0.39, 0.29) is 20.2 Å². The lowest BCUT2D eigenvalue weighted by Crippen LogP contribution is -2.16. The Hall–Kier alpha value is -4.38. The molecule has 0 saturated carbocycles. The predicted molar refractivity (Wildman–Crippen MR) is 115 cm³/mol. The zero-order chi connectivity index (χ0) is 22.2. The minimum absolute atomic E-state index is 0.194. The monoisotopic (exact) mass is 434 g/mol. The molecule has 4 aromatic carbocycles. The lowest BCUT2D eigenvalue weighted by Gasteiger charge is -2.00. The topological polar surface area (TPSA) is 155 Å². The van der Waals surface area contributed by atoms with Crippen molar-refractivity contribution in [1.82, 2.24) is 0 Å². The molecule has 5 rings (SSSR count). The van der Waals surface area contributed by atoms with Gasteiger partial charge in [0, 0.05) is 22.9 Å². The van der Waals surface area contributed by atoms with Crippen molar-refractivity contribution in [2.24, 2.45) is 0 Å². The van der Waals surface area contributed by atoms with Crippen molar-refractivity contribution in [3.8, 4) is 0 Å². The largest absolute Gasteiger partial charge is 0.288 e. The van der Waals surface area contributed by atoms with Crippen molar-refractivity contribution in [3.63, 3.8) is 0 Å². The first-order chi connectivity index (χ1) is 14.7. The Morgan fingerprint density at radius 2 is 0.968 bits per heavy atom. The highest BCUT2D eigenvalue weighted by Gasteiger charge is 2.27. The van der Waals surface area contributed by atoms with E-state index >= 15 is 0 Å². The third kappa shape index (κ3) is 2.25. The van der Waals surface area contributed by atoms with Crippen LogP contribution in [0.25, 0.3) is 41.7 Å². The van der Waals surface area contributed by atoms with Crippen molar-refractivity contribution in [2.45, 2.75) is 0 Å². The van der Waals surface area contributed by atoms with Gasteiger partial charge in [-0.1, -0.05) is 12.1 Å². The van der Waals surface area contributed by atoms with Crippen LogP contribution in [-0.4, -0.2) is 9.85 Å². The molecule has 150 valence electrons. The van der Waals surface area contributed by atoms with E-state index in [1.165, 1.54) is 24.3 Å². The summed E-state index contributed by atoms with van der Waals surface area (Å²) in [7, 11) is 0. The minimum Gasteiger partial charge on any atom is -0.288 e. The van der Waals surface area contributed by atoms with Gasteiger partial charge in [-0.25, -0.2) is 0 Å². The maximum atomic E-state index is 13.2. The average Bonchev–Trinajstić information content (AvgIpc) is 3.16. The molecular weight excluding hydrogens is 428 g/mol. The van der Waals surface area contributed by atoms with Gasteiger partial charge in [-0.3, -0.25) is 39.4 Å². The second kappa shape index (κ2) is 6.06. The Bertz CT molecular complexity index is 1740. The SMILES string of the molecule is O=c1c2cccc([N+](=O)[O-])c2c(=O)c2c1sc1c(=O)c3cccc([N+](=O)[O-])c3c(=O)c12. The first kappa shape index (κ1) is 18.6. The summed E-state index contributed by atoms with van der Waals surface area (Å²) >= 11 is 0.637. The quantitative estimate of drug-likeness (QED) is 0.303. The number of hydrogen-bond acceptors (Lipinski definition) is 9. The van der Waals surface area contributed by atoms with Gasteiger partial charge in [-0.2, -0.15) is 0 Å². The fourth-order valence-corrected chi connectivity index (χ4v) is 5.12. The van der Waals surface area contributed by atoms with Gasteiger partial charge in [0.05, 0.1) is 30.0 Å². The molecule has 0 amide bonds. The molecule has 0 atom stereocenters. The van der Waals surface area contributed by atoms with Crippen LogP contribution in [0.1, 0.15) is 0 Å². The van der Waals surface area contributed by atoms with Gasteiger partial charge < -0.3 is 0 Å². The molecule has 0 spiro atoms. The van der Waals surface area contributed by atoms with Gasteiger partial charge >= 0.3 is 0 Å². The summed E-state index contributed by atoms with van der Waals surface area (Å²) in [5, 5.41) is 20.6. The van der Waals surface area contributed by atoms with Crippen LogP contribution in [0.2, 0.25) is 0 Å². The summed E-state index contributed by atoms with van der Waals surface area (Å²) < 4.78 is -0.389. The summed E-state index contributed by atoms with van der Waals surface area (Å²) in [5.74, 6) is 0. The third-order valence-electron chi connectivity index (χ3n) is 5.20. The predicted octanol–water partition coefficient (Wildman–Crippen LogP) is 2.49. The number of nitro benzene ring substituents is 2. The number of thiophene rings is 1. The molecule has 0 bridgehead atoms. The lowest BCUT2D eigenvalue weighted by atomic mass is 10.0. The van der Waals surface area contributed by atoms with Gasteiger partial charge in [0.2, 0.25) is 21.7 Å². The molecule has 1 aromatic heterocycles. The van der Waals surface area contributed by atoms with E-state index in [4.69, 9.17) is 0 Å². The van der Waals surface area contributed by atoms with Crippen molar-refractivity contribution < 1.29 is 9.85 Å². The fraction of sp³-hybridized carbons (Fsp3) is 0. The van der Waals surface area contributed by atoms with E-state index in [0.717, 1.165) is 12.1 Å². The molecule has 31 heavy (non-hydrogen) atoms. The Morgan fingerprint density at radius 3 is 1.32 bits per heavy atom. The molecule has 0 fully saturated rings. The van der Waals surface area contributed by atoms with Crippen molar-refractivity contribution in [2.75, 3.05) is 0 Å². The van der Waals surface area contributed by atoms with E-state index < -0.39 is 64.5 Å².